The van der Waals surface area contributed by atoms with Gasteiger partial charge in [-0.1, -0.05) is 12.2 Å². The molecule has 0 N–H and O–H groups in total. The number of nitriles is 1. The first-order valence-electron chi connectivity index (χ1n) is 5.05. The molecule has 0 bridgehead atoms. The molecule has 0 aliphatic rings. The molecule has 0 radical (unpaired) electrons. The van der Waals surface area contributed by atoms with Gasteiger partial charge in [0, 0.05) is 27.4 Å². The van der Waals surface area contributed by atoms with Crippen molar-refractivity contribution in [2.75, 3.05) is 32.8 Å². The first kappa shape index (κ1) is 17.4. The highest BCUT2D eigenvalue weighted by molar-refractivity contribution is 8.50. The molecule has 0 heterocycles. The Hall–Kier alpha value is 0.377. The summed E-state index contributed by atoms with van der Waals surface area (Å²) in [7, 11) is 1.71. The van der Waals surface area contributed by atoms with E-state index in [2.05, 4.69) is 18.7 Å². The molecule has 4 nitrogen and oxygen atoms in total. The Balaban J connectivity index is 4.19. The van der Waals surface area contributed by atoms with E-state index in [1.54, 1.807) is 21.3 Å². The van der Waals surface area contributed by atoms with Crippen molar-refractivity contribution in [2.45, 2.75) is 12.5 Å². The summed E-state index contributed by atoms with van der Waals surface area (Å²) in [6.07, 6.45) is 0.871. The van der Waals surface area contributed by atoms with E-state index in [1.165, 1.54) is 0 Å². The van der Waals surface area contributed by atoms with Gasteiger partial charge in [0.05, 0.1) is 15.4 Å². The zero-order chi connectivity index (χ0) is 13.3. The topological polar surface area (TPSA) is 51.5 Å². The second-order valence-electron chi connectivity index (χ2n) is 3.26. The van der Waals surface area contributed by atoms with Crippen LogP contribution in [-0.2, 0) is 13.3 Å². The van der Waals surface area contributed by atoms with Crippen molar-refractivity contribution in [3.8, 4) is 6.07 Å². The van der Waals surface area contributed by atoms with E-state index in [9.17, 15) is 0 Å². The normalized spacial score (nSPS) is 14.2. The average molecular weight is 314 g/mol. The summed E-state index contributed by atoms with van der Waals surface area (Å²) in [6, 6.07) is 2.88. The summed E-state index contributed by atoms with van der Waals surface area (Å²) in [5, 5.41) is 8.69. The molecule has 0 rings (SSSR count). The number of hydrogen-bond donors (Lipinski definition) is 2. The van der Waals surface area contributed by atoms with Crippen LogP contribution < -0.4 is 0 Å². The first-order valence-corrected chi connectivity index (χ1v) is 9.55. The van der Waals surface area contributed by atoms with Crippen LogP contribution >= 0.6 is 35.7 Å². The van der Waals surface area contributed by atoms with E-state index < -0.39 is 19.7 Å². The van der Waals surface area contributed by atoms with E-state index in [0.29, 0.717) is 9.28 Å². The Morgan fingerprint density at radius 2 is 1.88 bits per heavy atom. The predicted molar refractivity (Wildman–Crippen MR) is 82.1 cm³/mol. The molecule has 0 fully saturated rings. The maximum absolute atomic E-state index is 8.69. The van der Waals surface area contributed by atoms with Crippen molar-refractivity contribution >= 4 is 48.1 Å². The van der Waals surface area contributed by atoms with Crippen LogP contribution in [0.15, 0.2) is 0 Å². The second-order valence-corrected chi connectivity index (χ2v) is 10.5. The van der Waals surface area contributed by atoms with Gasteiger partial charge in [0.25, 0.3) is 0 Å². The maximum Gasteiger partial charge on any atom is 0.500 e. The van der Waals surface area contributed by atoms with Crippen LogP contribution in [0.25, 0.3) is 0 Å². The van der Waals surface area contributed by atoms with Gasteiger partial charge in [-0.2, -0.15) is 16.2 Å². The van der Waals surface area contributed by atoms with Gasteiger partial charge in [-0.3, -0.25) is 0 Å². The standard InChI is InChI=1S/C9H19NO3S3Si/c1-11-17(12-2,13-3)8-4-6-16(7-5-10)9(14)15/h16H,4,6-8H2,1-3H3,(H,14,15). The Morgan fingerprint density at radius 3 is 2.24 bits per heavy atom. The maximum atomic E-state index is 8.69. The zero-order valence-electron chi connectivity index (χ0n) is 10.3. The Morgan fingerprint density at radius 1 is 1.35 bits per heavy atom. The SMILES string of the molecule is CO[Si](CCC[SH](CC#N)C(=S)S)(OC)OC. The Labute approximate surface area is 118 Å². The van der Waals surface area contributed by atoms with Crippen LogP contribution in [-0.4, -0.2) is 45.2 Å². The number of thiol groups is 2. The summed E-state index contributed by atoms with van der Waals surface area (Å²) in [5.41, 5.74) is 0. The molecule has 0 aromatic heterocycles. The second kappa shape index (κ2) is 9.33. The van der Waals surface area contributed by atoms with E-state index in [1.807, 2.05) is 0 Å². The van der Waals surface area contributed by atoms with Gasteiger partial charge in [-0.15, -0.1) is 12.6 Å². The summed E-state index contributed by atoms with van der Waals surface area (Å²) >= 11 is 9.20. The molecule has 17 heavy (non-hydrogen) atoms. The van der Waals surface area contributed by atoms with Gasteiger partial charge in [0.2, 0.25) is 0 Å². The van der Waals surface area contributed by atoms with Crippen LogP contribution in [0, 0.1) is 11.3 Å². The Bertz CT molecular complexity index is 273. The molecule has 0 aliphatic carbocycles. The fourth-order valence-corrected chi connectivity index (χ4v) is 5.56. The van der Waals surface area contributed by atoms with Crippen molar-refractivity contribution in [3.63, 3.8) is 0 Å². The van der Waals surface area contributed by atoms with Gasteiger partial charge in [0.1, 0.15) is 0 Å². The molecule has 0 spiro atoms. The lowest BCUT2D eigenvalue weighted by Gasteiger charge is -2.25. The third-order valence-electron chi connectivity index (χ3n) is 2.38. The van der Waals surface area contributed by atoms with Gasteiger partial charge < -0.3 is 13.3 Å². The number of nitrogens with zero attached hydrogens (tertiary/aromatic N) is 1. The van der Waals surface area contributed by atoms with Gasteiger partial charge >= 0.3 is 8.80 Å². The van der Waals surface area contributed by atoms with Gasteiger partial charge in [0.15, 0.2) is 0 Å². The first-order chi connectivity index (χ1) is 8.05. The van der Waals surface area contributed by atoms with Crippen molar-refractivity contribution in [2.24, 2.45) is 0 Å². The molecule has 0 saturated heterocycles. The smallest absolute Gasteiger partial charge is 0.377 e. The number of thiocarbonyl (C=S) groups is 1. The zero-order valence-corrected chi connectivity index (χ0v) is 13.9. The molecule has 0 saturated carbocycles. The quantitative estimate of drug-likeness (QED) is 0.408. The van der Waals surface area contributed by atoms with Crippen molar-refractivity contribution in [1.29, 1.82) is 5.26 Å². The highest BCUT2D eigenvalue weighted by Crippen LogP contribution is 2.31. The van der Waals surface area contributed by atoms with Crippen molar-refractivity contribution in [3.05, 3.63) is 0 Å². The minimum atomic E-state index is -2.48. The monoisotopic (exact) mass is 313 g/mol. The molecular weight excluding hydrogens is 294 g/mol. The lowest BCUT2D eigenvalue weighted by molar-refractivity contribution is 0.123. The molecule has 1 unspecified atom stereocenters. The average Bonchev–Trinajstić information content (AvgIpc) is 2.34. The van der Waals surface area contributed by atoms with Crippen LogP contribution in [0.3, 0.4) is 0 Å². The largest absolute Gasteiger partial charge is 0.500 e. The van der Waals surface area contributed by atoms with E-state index in [-0.39, 0.29) is 0 Å². The summed E-state index contributed by atoms with van der Waals surface area (Å²) < 4.78 is 16.6. The molecule has 100 valence electrons. The van der Waals surface area contributed by atoms with Gasteiger partial charge in [-0.25, -0.2) is 0 Å². The molecular formula is C9H19NO3S3Si. The minimum absolute atomic E-state index is 0.471. The molecule has 0 amide bonds. The van der Waals surface area contributed by atoms with Crippen molar-refractivity contribution in [1.82, 2.24) is 0 Å². The fourth-order valence-electron chi connectivity index (χ4n) is 1.37. The number of rotatable bonds is 8. The van der Waals surface area contributed by atoms with Crippen LogP contribution in [0.5, 0.6) is 0 Å². The lowest BCUT2D eigenvalue weighted by atomic mass is 10.6. The predicted octanol–water partition coefficient (Wildman–Crippen LogP) is 1.99. The van der Waals surface area contributed by atoms with Crippen LogP contribution in [0.1, 0.15) is 6.42 Å². The number of hydrogen-bond acceptors (Lipinski definition) is 5. The molecule has 0 aromatic carbocycles. The highest BCUT2D eigenvalue weighted by atomic mass is 32.3. The van der Waals surface area contributed by atoms with Crippen LogP contribution in [0.2, 0.25) is 6.04 Å². The van der Waals surface area contributed by atoms with E-state index >= 15 is 0 Å². The fraction of sp³-hybridized carbons (Fsp3) is 0.778. The third kappa shape index (κ3) is 6.19. The summed E-state index contributed by atoms with van der Waals surface area (Å²) in [6.45, 7) is 0. The lowest BCUT2D eigenvalue weighted by Crippen LogP contribution is -2.42. The van der Waals surface area contributed by atoms with E-state index in [4.69, 9.17) is 30.8 Å². The highest BCUT2D eigenvalue weighted by Gasteiger charge is 2.37. The van der Waals surface area contributed by atoms with Crippen molar-refractivity contribution < 1.29 is 13.3 Å². The molecule has 1 atom stereocenters. The third-order valence-corrected chi connectivity index (χ3v) is 8.75. The van der Waals surface area contributed by atoms with Gasteiger partial charge in [-0.05, 0) is 12.2 Å². The summed E-state index contributed by atoms with van der Waals surface area (Å²) in [4.78, 5) is 0. The Kier molecular flexibility index (Phi) is 9.53. The minimum Gasteiger partial charge on any atom is -0.377 e. The van der Waals surface area contributed by atoms with Crippen LogP contribution in [0.4, 0.5) is 0 Å². The summed E-state index contributed by atoms with van der Waals surface area (Å²) in [5.74, 6) is 1.34. The molecule has 0 aliphatic heterocycles. The molecule has 0 aromatic rings. The molecule has 8 heteroatoms. The van der Waals surface area contributed by atoms with E-state index in [0.717, 1.165) is 18.2 Å².